The van der Waals surface area contributed by atoms with Crippen LogP contribution in [-0.2, 0) is 0 Å². The number of nitrogens with zero attached hydrogens (tertiary/aromatic N) is 1. The van der Waals surface area contributed by atoms with Crippen LogP contribution in [0.2, 0.25) is 0 Å². The first-order chi connectivity index (χ1) is 8.90. The number of nitrogens with two attached hydrogens (primary N) is 1. The van der Waals surface area contributed by atoms with Crippen molar-refractivity contribution in [2.24, 2.45) is 11.7 Å². The number of aliphatic hydroxyl groups is 1. The molecule has 2 atom stereocenters. The molecule has 6 heteroatoms. The quantitative estimate of drug-likeness (QED) is 0.562. The fourth-order valence-electron chi connectivity index (χ4n) is 2.36. The summed E-state index contributed by atoms with van der Waals surface area (Å²) in [5.41, 5.74) is 5.15. The maximum atomic E-state index is 14.0. The first-order valence-electron chi connectivity index (χ1n) is 6.16. The van der Waals surface area contributed by atoms with Crippen molar-refractivity contribution in [2.75, 3.05) is 18.0 Å². The van der Waals surface area contributed by atoms with Crippen molar-refractivity contribution in [2.45, 2.75) is 19.4 Å². The first-order valence-corrected chi connectivity index (χ1v) is 6.16. The van der Waals surface area contributed by atoms with Gasteiger partial charge in [-0.25, -0.2) is 8.78 Å². The van der Waals surface area contributed by atoms with Crippen molar-refractivity contribution in [1.29, 1.82) is 5.41 Å². The lowest BCUT2D eigenvalue weighted by Crippen LogP contribution is -2.42. The molecule has 4 nitrogen and oxygen atoms in total. The zero-order valence-electron chi connectivity index (χ0n) is 10.7. The Hall–Kier alpha value is -1.69. The Morgan fingerprint density at radius 3 is 2.47 bits per heavy atom. The molecule has 0 spiro atoms. The fraction of sp³-hybridized carbons (Fsp3) is 0.462. The number of rotatable bonds is 2. The summed E-state index contributed by atoms with van der Waals surface area (Å²) in [5.74, 6) is -1.87. The van der Waals surface area contributed by atoms with Crippen LogP contribution >= 0.6 is 0 Å². The van der Waals surface area contributed by atoms with Gasteiger partial charge in [-0.2, -0.15) is 0 Å². The van der Waals surface area contributed by atoms with Gasteiger partial charge in [0.25, 0.3) is 0 Å². The molecule has 1 aliphatic heterocycles. The predicted molar refractivity (Wildman–Crippen MR) is 69.4 cm³/mol. The fourth-order valence-corrected chi connectivity index (χ4v) is 2.36. The molecule has 0 aliphatic carbocycles. The lowest BCUT2D eigenvalue weighted by molar-refractivity contribution is 0.0966. The number of aliphatic hydroxyl groups excluding tert-OH is 1. The Bertz CT molecular complexity index is 484. The largest absolute Gasteiger partial charge is 0.393 e. The van der Waals surface area contributed by atoms with Crippen LogP contribution in [0.25, 0.3) is 0 Å². The summed E-state index contributed by atoms with van der Waals surface area (Å²) in [6, 6.07) is 2.13. The molecule has 2 rings (SSSR count). The van der Waals surface area contributed by atoms with E-state index in [2.05, 4.69) is 0 Å². The normalized spacial score (nSPS) is 23.5. The van der Waals surface area contributed by atoms with E-state index < -0.39 is 17.7 Å². The van der Waals surface area contributed by atoms with Crippen LogP contribution in [0.1, 0.15) is 18.9 Å². The van der Waals surface area contributed by atoms with E-state index in [1.807, 2.05) is 6.92 Å². The summed E-state index contributed by atoms with van der Waals surface area (Å²) >= 11 is 0. The molecular formula is C13H17F2N3O. The molecule has 0 aromatic heterocycles. The van der Waals surface area contributed by atoms with Crippen LogP contribution in [-0.4, -0.2) is 30.1 Å². The second kappa shape index (κ2) is 5.13. The average Bonchev–Trinajstić information content (AvgIpc) is 2.32. The second-order valence-corrected chi connectivity index (χ2v) is 4.98. The molecule has 0 bridgehead atoms. The monoisotopic (exact) mass is 269 g/mol. The number of benzene rings is 1. The maximum Gasteiger partial charge on any atom is 0.150 e. The lowest BCUT2D eigenvalue weighted by atomic mass is 9.96. The Labute approximate surface area is 110 Å². The number of anilines is 1. The highest BCUT2D eigenvalue weighted by Gasteiger charge is 2.28. The van der Waals surface area contributed by atoms with Crippen LogP contribution in [0, 0.1) is 23.0 Å². The van der Waals surface area contributed by atoms with Crippen molar-refractivity contribution in [3.8, 4) is 0 Å². The van der Waals surface area contributed by atoms with Gasteiger partial charge < -0.3 is 15.7 Å². The topological polar surface area (TPSA) is 73.3 Å². The molecule has 1 aromatic carbocycles. The summed E-state index contributed by atoms with van der Waals surface area (Å²) in [6.07, 6.45) is 0.0491. The third-order valence-electron chi connectivity index (χ3n) is 3.50. The first kappa shape index (κ1) is 13.7. The number of nitrogens with one attached hydrogen (secondary N) is 1. The predicted octanol–water partition coefficient (Wildman–Crippen LogP) is 1.46. The number of nitrogen functional groups attached to an aromatic ring is 1. The molecular weight excluding hydrogens is 252 g/mol. The van der Waals surface area contributed by atoms with E-state index in [1.54, 1.807) is 4.90 Å². The smallest absolute Gasteiger partial charge is 0.150 e. The van der Waals surface area contributed by atoms with Gasteiger partial charge in [-0.05, 0) is 24.5 Å². The minimum absolute atomic E-state index is 0.0313. The molecule has 1 aliphatic rings. The minimum atomic E-state index is -0.728. The second-order valence-electron chi connectivity index (χ2n) is 4.98. The van der Waals surface area contributed by atoms with Gasteiger partial charge in [0.2, 0.25) is 0 Å². The summed E-state index contributed by atoms with van der Waals surface area (Å²) in [6.45, 7) is 2.64. The van der Waals surface area contributed by atoms with Crippen molar-refractivity contribution < 1.29 is 13.9 Å². The van der Waals surface area contributed by atoms with Gasteiger partial charge in [0.05, 0.1) is 6.10 Å². The average molecular weight is 269 g/mol. The van der Waals surface area contributed by atoms with E-state index in [9.17, 15) is 13.9 Å². The third kappa shape index (κ3) is 2.68. The molecule has 4 N–H and O–H groups in total. The molecule has 1 heterocycles. The molecule has 2 unspecified atom stereocenters. The Morgan fingerprint density at radius 1 is 1.42 bits per heavy atom. The molecule has 0 saturated carbocycles. The highest BCUT2D eigenvalue weighted by Crippen LogP contribution is 2.29. The summed E-state index contributed by atoms with van der Waals surface area (Å²) in [4.78, 5) is 1.59. The van der Waals surface area contributed by atoms with E-state index in [1.165, 1.54) is 0 Å². The molecule has 1 saturated heterocycles. The number of piperidine rings is 1. The number of hydrogen-bond donors (Lipinski definition) is 3. The molecule has 1 aromatic rings. The highest BCUT2D eigenvalue weighted by atomic mass is 19.1. The standard InChI is InChI=1S/C13H17F2N3O/c1-7-6-18(3-2-11(7)19)12-9(14)4-8(13(16)17)5-10(12)15/h4-5,7,11,19H,2-3,6H2,1H3,(H3,16,17). The SMILES string of the molecule is CC1CN(c2c(F)cc(C(=N)N)cc2F)CCC1O. The molecule has 0 radical (unpaired) electrons. The van der Waals surface area contributed by atoms with Crippen molar-refractivity contribution in [3.05, 3.63) is 29.3 Å². The summed E-state index contributed by atoms with van der Waals surface area (Å²) in [5, 5.41) is 16.8. The van der Waals surface area contributed by atoms with Gasteiger partial charge in [0.1, 0.15) is 23.2 Å². The molecule has 104 valence electrons. The van der Waals surface area contributed by atoms with Gasteiger partial charge in [0, 0.05) is 18.7 Å². The molecule has 19 heavy (non-hydrogen) atoms. The van der Waals surface area contributed by atoms with E-state index in [4.69, 9.17) is 11.1 Å². The van der Waals surface area contributed by atoms with Gasteiger partial charge in [-0.3, -0.25) is 5.41 Å². The highest BCUT2D eigenvalue weighted by molar-refractivity contribution is 5.95. The van der Waals surface area contributed by atoms with Gasteiger partial charge in [-0.15, -0.1) is 0 Å². The van der Waals surface area contributed by atoms with Gasteiger partial charge >= 0.3 is 0 Å². The van der Waals surface area contributed by atoms with Crippen molar-refractivity contribution >= 4 is 11.5 Å². The number of hydrogen-bond acceptors (Lipinski definition) is 3. The van der Waals surface area contributed by atoms with Gasteiger partial charge in [-0.1, -0.05) is 6.92 Å². The Balaban J connectivity index is 2.33. The van der Waals surface area contributed by atoms with E-state index in [0.717, 1.165) is 12.1 Å². The van der Waals surface area contributed by atoms with E-state index in [-0.39, 0.29) is 23.0 Å². The van der Waals surface area contributed by atoms with E-state index in [0.29, 0.717) is 19.5 Å². The number of amidine groups is 1. The number of halogens is 2. The summed E-state index contributed by atoms with van der Waals surface area (Å²) in [7, 11) is 0. The van der Waals surface area contributed by atoms with Crippen LogP contribution < -0.4 is 10.6 Å². The third-order valence-corrected chi connectivity index (χ3v) is 3.50. The minimum Gasteiger partial charge on any atom is -0.393 e. The van der Waals surface area contributed by atoms with Crippen molar-refractivity contribution in [1.82, 2.24) is 0 Å². The zero-order valence-corrected chi connectivity index (χ0v) is 10.7. The zero-order chi connectivity index (χ0) is 14.2. The maximum absolute atomic E-state index is 14.0. The van der Waals surface area contributed by atoms with Crippen LogP contribution in [0.5, 0.6) is 0 Å². The summed E-state index contributed by atoms with van der Waals surface area (Å²) < 4.78 is 28.0. The lowest BCUT2D eigenvalue weighted by Gasteiger charge is -2.36. The van der Waals surface area contributed by atoms with Crippen LogP contribution in [0.15, 0.2) is 12.1 Å². The van der Waals surface area contributed by atoms with Crippen LogP contribution in [0.3, 0.4) is 0 Å². The Morgan fingerprint density at radius 2 is 2.00 bits per heavy atom. The van der Waals surface area contributed by atoms with E-state index >= 15 is 0 Å². The van der Waals surface area contributed by atoms with Crippen molar-refractivity contribution in [3.63, 3.8) is 0 Å². The van der Waals surface area contributed by atoms with Gasteiger partial charge in [0.15, 0.2) is 0 Å². The molecule has 0 amide bonds. The van der Waals surface area contributed by atoms with Crippen LogP contribution in [0.4, 0.5) is 14.5 Å². The Kier molecular flexibility index (Phi) is 3.71. The molecule has 1 fully saturated rings.